The first kappa shape index (κ1) is 16.5. The Morgan fingerprint density at radius 3 is 2.50 bits per heavy atom. The minimum atomic E-state index is -1.18. The smallest absolute Gasteiger partial charge is 0.331 e. The number of rotatable bonds is 6. The quantitative estimate of drug-likeness (QED) is 0.369. The van der Waals surface area contributed by atoms with E-state index in [4.69, 9.17) is 22.1 Å². The van der Waals surface area contributed by atoms with Gasteiger partial charge in [0.1, 0.15) is 3.82 Å². The van der Waals surface area contributed by atoms with Crippen LogP contribution in [-0.4, -0.2) is 23.7 Å². The zero-order chi connectivity index (χ0) is 15.9. The summed E-state index contributed by atoms with van der Waals surface area (Å²) in [4.78, 5) is 22.6. The van der Waals surface area contributed by atoms with Gasteiger partial charge >= 0.3 is 11.9 Å². The Bertz CT molecular complexity index is 741. The third-order valence-corrected chi connectivity index (χ3v) is 5.61. The Balaban J connectivity index is 1.85. The largest absolute Gasteiger partial charge is 0.478 e. The maximum atomic E-state index is 11.2. The highest BCUT2D eigenvalue weighted by Crippen LogP contribution is 2.29. The summed E-state index contributed by atoms with van der Waals surface area (Å²) in [5.41, 5.74) is 2.15. The van der Waals surface area contributed by atoms with Crippen molar-refractivity contribution in [3.63, 3.8) is 0 Å². The van der Waals surface area contributed by atoms with Gasteiger partial charge in [-0.15, -0.1) is 0 Å². The molecule has 7 heteroatoms. The molecular formula is C15H12O4S3. The third kappa shape index (κ3) is 5.18. The monoisotopic (exact) mass is 352 g/mol. The third-order valence-electron chi connectivity index (χ3n) is 2.70. The molecule has 0 radical (unpaired) electrons. The van der Waals surface area contributed by atoms with Crippen LogP contribution in [0.4, 0.5) is 0 Å². The van der Waals surface area contributed by atoms with Crippen LogP contribution < -0.4 is 0 Å². The lowest BCUT2D eigenvalue weighted by atomic mass is 10.1. The van der Waals surface area contributed by atoms with Crippen molar-refractivity contribution in [2.75, 3.05) is 6.61 Å². The van der Waals surface area contributed by atoms with Crippen LogP contribution in [-0.2, 0) is 20.7 Å². The number of benzene rings is 1. The molecular weight excluding hydrogens is 340 g/mol. The number of esters is 1. The van der Waals surface area contributed by atoms with E-state index in [1.807, 2.05) is 30.3 Å². The van der Waals surface area contributed by atoms with E-state index in [0.717, 1.165) is 32.0 Å². The number of aliphatic carboxylic acids is 1. The number of carbonyl (C=O) groups is 2. The maximum Gasteiger partial charge on any atom is 0.331 e. The molecule has 0 spiro atoms. The molecule has 114 valence electrons. The Morgan fingerprint density at radius 2 is 1.91 bits per heavy atom. The Kier molecular flexibility index (Phi) is 6.00. The molecule has 0 fully saturated rings. The second-order valence-corrected chi connectivity index (χ2v) is 7.19. The summed E-state index contributed by atoms with van der Waals surface area (Å²) in [5.74, 6) is -1.83. The number of carboxylic acids is 1. The van der Waals surface area contributed by atoms with Gasteiger partial charge in [-0.1, -0.05) is 57.2 Å². The summed E-state index contributed by atoms with van der Waals surface area (Å²) in [6, 6.07) is 9.95. The number of ether oxygens (including phenoxy) is 1. The molecule has 0 unspecified atom stereocenters. The Labute approximate surface area is 139 Å². The van der Waals surface area contributed by atoms with Crippen molar-refractivity contribution in [2.45, 2.75) is 6.42 Å². The van der Waals surface area contributed by atoms with E-state index < -0.39 is 11.9 Å². The second-order valence-electron chi connectivity index (χ2n) is 4.28. The highest BCUT2D eigenvalue weighted by Gasteiger charge is 2.02. The number of carbonyl (C=O) groups excluding carboxylic acids is 1. The molecule has 0 aliphatic rings. The van der Waals surface area contributed by atoms with E-state index in [2.05, 4.69) is 0 Å². The molecule has 0 bridgehead atoms. The molecule has 1 aromatic carbocycles. The first-order chi connectivity index (χ1) is 10.5. The molecule has 1 N–H and O–H groups in total. The van der Waals surface area contributed by atoms with Gasteiger partial charge in [-0.3, -0.25) is 0 Å². The van der Waals surface area contributed by atoms with Gasteiger partial charge < -0.3 is 9.84 Å². The fraction of sp³-hybridized carbons (Fsp3) is 0.133. The van der Waals surface area contributed by atoms with Crippen molar-refractivity contribution in [2.24, 2.45) is 0 Å². The molecule has 0 aliphatic carbocycles. The minimum absolute atomic E-state index is 0.208. The van der Waals surface area contributed by atoms with E-state index >= 15 is 0 Å². The summed E-state index contributed by atoms with van der Waals surface area (Å²) >= 11 is 5.12. The molecule has 2 rings (SSSR count). The molecule has 1 aromatic heterocycles. The van der Waals surface area contributed by atoms with Gasteiger partial charge in [-0.05, 0) is 17.2 Å². The van der Waals surface area contributed by atoms with Crippen LogP contribution in [0.15, 0.2) is 42.5 Å². The minimum Gasteiger partial charge on any atom is -0.478 e. The average Bonchev–Trinajstić information content (AvgIpc) is 2.92. The molecule has 22 heavy (non-hydrogen) atoms. The van der Waals surface area contributed by atoms with E-state index in [0.29, 0.717) is 6.42 Å². The van der Waals surface area contributed by atoms with Crippen molar-refractivity contribution < 1.29 is 19.4 Å². The summed E-state index contributed by atoms with van der Waals surface area (Å²) in [5, 5.41) is 8.39. The van der Waals surface area contributed by atoms with Gasteiger partial charge in [0.15, 0.2) is 0 Å². The van der Waals surface area contributed by atoms with Crippen LogP contribution in [0.1, 0.15) is 5.56 Å². The molecule has 0 atom stereocenters. The first-order valence-electron chi connectivity index (χ1n) is 6.32. The number of hydrogen-bond donors (Lipinski definition) is 1. The molecule has 0 aliphatic heterocycles. The lowest BCUT2D eigenvalue weighted by Crippen LogP contribution is -2.05. The Hall–Kier alpha value is -1.83. The Morgan fingerprint density at radius 1 is 1.18 bits per heavy atom. The van der Waals surface area contributed by atoms with Crippen LogP contribution in [0.3, 0.4) is 0 Å². The van der Waals surface area contributed by atoms with Gasteiger partial charge in [0, 0.05) is 23.5 Å². The lowest BCUT2D eigenvalue weighted by Gasteiger charge is -2.03. The summed E-state index contributed by atoms with van der Waals surface area (Å²) in [7, 11) is 3.23. The van der Waals surface area contributed by atoms with Crippen LogP contribution >= 0.6 is 32.9 Å². The van der Waals surface area contributed by atoms with E-state index in [1.165, 1.54) is 0 Å². The van der Waals surface area contributed by atoms with Crippen molar-refractivity contribution in [1.29, 1.82) is 0 Å². The fourth-order valence-electron chi connectivity index (χ4n) is 1.67. The summed E-state index contributed by atoms with van der Waals surface area (Å²) < 4.78 is 5.80. The topological polar surface area (TPSA) is 63.6 Å². The molecule has 0 saturated heterocycles. The van der Waals surface area contributed by atoms with E-state index in [9.17, 15) is 9.59 Å². The van der Waals surface area contributed by atoms with Crippen molar-refractivity contribution >= 4 is 44.8 Å². The fourth-order valence-corrected chi connectivity index (χ4v) is 4.07. The predicted molar refractivity (Wildman–Crippen MR) is 89.9 cm³/mol. The van der Waals surface area contributed by atoms with Gasteiger partial charge in [-0.2, -0.15) is 0 Å². The van der Waals surface area contributed by atoms with Crippen LogP contribution in [0.2, 0.25) is 0 Å². The number of hydrogen-bond acceptors (Lipinski definition) is 6. The van der Waals surface area contributed by atoms with Crippen molar-refractivity contribution in [1.82, 2.24) is 0 Å². The van der Waals surface area contributed by atoms with E-state index in [-0.39, 0.29) is 6.61 Å². The molecule has 0 saturated carbocycles. The number of carboxylic acid groups (broad SMARTS) is 1. The first-order valence-corrected chi connectivity index (χ1v) is 8.87. The van der Waals surface area contributed by atoms with Crippen LogP contribution in [0.5, 0.6) is 0 Å². The molecule has 2 aromatic rings. The predicted octanol–water partition coefficient (Wildman–Crippen LogP) is 3.93. The lowest BCUT2D eigenvalue weighted by molar-refractivity contribution is -0.138. The highest BCUT2D eigenvalue weighted by molar-refractivity contribution is 7.80. The van der Waals surface area contributed by atoms with Gasteiger partial charge in [0.05, 0.1) is 6.61 Å². The summed E-state index contributed by atoms with van der Waals surface area (Å²) in [6.45, 7) is 0.208. The van der Waals surface area contributed by atoms with E-state index in [1.54, 1.807) is 20.7 Å². The maximum absolute atomic E-state index is 11.2. The van der Waals surface area contributed by atoms with Crippen molar-refractivity contribution in [3.05, 3.63) is 51.9 Å². The molecule has 1 heterocycles. The van der Waals surface area contributed by atoms with Gasteiger partial charge in [0.2, 0.25) is 0 Å². The van der Waals surface area contributed by atoms with Crippen LogP contribution in [0, 0.1) is 3.82 Å². The molecule has 4 nitrogen and oxygen atoms in total. The second kappa shape index (κ2) is 7.98. The SMILES string of the molecule is O=C(O)/C=C\C(=O)OCCc1ccc(-c2cc(=S)ss2)cc1. The standard InChI is InChI=1S/C15H12O4S3/c16-13(17)5-6-14(18)19-8-7-10-1-3-11(4-2-10)12-9-15(20)22-21-12/h1-6,9H,7-8H2,(H,16,17)/b6-5-. The van der Waals surface area contributed by atoms with Crippen LogP contribution in [0.25, 0.3) is 10.4 Å². The highest BCUT2D eigenvalue weighted by atomic mass is 32.9. The average molecular weight is 352 g/mol. The van der Waals surface area contributed by atoms with Gasteiger partial charge in [-0.25, -0.2) is 9.59 Å². The summed E-state index contributed by atoms with van der Waals surface area (Å²) in [6.07, 6.45) is 2.23. The normalized spacial score (nSPS) is 10.7. The van der Waals surface area contributed by atoms with Gasteiger partial charge in [0.25, 0.3) is 0 Å². The zero-order valence-electron chi connectivity index (χ0n) is 11.4. The van der Waals surface area contributed by atoms with Crippen molar-refractivity contribution in [3.8, 4) is 10.4 Å². The zero-order valence-corrected chi connectivity index (χ0v) is 13.8. The molecule has 0 amide bonds.